The van der Waals surface area contributed by atoms with E-state index in [1.807, 2.05) is 30.3 Å². The van der Waals surface area contributed by atoms with E-state index in [9.17, 15) is 5.11 Å². The Morgan fingerprint density at radius 3 is 2.53 bits per heavy atom. The van der Waals surface area contributed by atoms with Crippen LogP contribution in [0.5, 0.6) is 11.5 Å². The maximum Gasteiger partial charge on any atom is 0.161 e. The molecule has 0 aliphatic heterocycles. The van der Waals surface area contributed by atoms with Crippen molar-refractivity contribution in [3.63, 3.8) is 0 Å². The maximum absolute atomic E-state index is 9.55. The predicted octanol–water partition coefficient (Wildman–Crippen LogP) is 2.82. The van der Waals surface area contributed by atoms with Gasteiger partial charge in [0, 0.05) is 12.0 Å². The number of hydrogen-bond acceptors (Lipinski definition) is 4. The third-order valence-corrected chi connectivity index (χ3v) is 2.85. The molecule has 0 bridgehead atoms. The molecule has 0 amide bonds. The number of nitrogens with zero attached hydrogens (tertiary/aromatic N) is 1. The van der Waals surface area contributed by atoms with Crippen LogP contribution < -0.4 is 4.74 Å². The molecule has 0 saturated heterocycles. The summed E-state index contributed by atoms with van der Waals surface area (Å²) in [5.41, 5.74) is 2.27. The Labute approximate surface area is 111 Å². The van der Waals surface area contributed by atoms with E-state index < -0.39 is 0 Å². The number of rotatable bonds is 4. The van der Waals surface area contributed by atoms with Crippen LogP contribution in [0.2, 0.25) is 0 Å². The number of hydrogen-bond donors (Lipinski definition) is 2. The molecule has 2 aromatic rings. The number of methoxy groups -OCH3 is 1. The minimum atomic E-state index is 0.0586. The van der Waals surface area contributed by atoms with Crippen LogP contribution >= 0.6 is 0 Å². The van der Waals surface area contributed by atoms with Crippen molar-refractivity contribution in [3.05, 3.63) is 59.7 Å². The van der Waals surface area contributed by atoms with Gasteiger partial charge in [-0.2, -0.15) is 0 Å². The van der Waals surface area contributed by atoms with Gasteiger partial charge in [-0.05, 0) is 23.8 Å². The Kier molecular flexibility index (Phi) is 4.03. The molecule has 4 heteroatoms. The van der Waals surface area contributed by atoms with E-state index in [-0.39, 0.29) is 5.75 Å². The minimum Gasteiger partial charge on any atom is -0.504 e. The summed E-state index contributed by atoms with van der Waals surface area (Å²) in [5.74, 6) is 0.412. The molecule has 4 nitrogen and oxygen atoms in total. The molecule has 0 spiro atoms. The zero-order chi connectivity index (χ0) is 13.7. The number of ether oxygens (including phenoxy) is 1. The SMILES string of the molecule is COc1cc(/C(Cc2ccccc2)=N\O)ccc1O. The molecule has 0 aromatic heterocycles. The van der Waals surface area contributed by atoms with Crippen LogP contribution in [-0.4, -0.2) is 23.1 Å². The Balaban J connectivity index is 2.28. The summed E-state index contributed by atoms with van der Waals surface area (Å²) in [5, 5.41) is 22.0. The van der Waals surface area contributed by atoms with Crippen LogP contribution in [0, 0.1) is 0 Å². The Morgan fingerprint density at radius 2 is 1.89 bits per heavy atom. The van der Waals surface area contributed by atoms with Crippen molar-refractivity contribution in [2.75, 3.05) is 7.11 Å². The number of benzene rings is 2. The largest absolute Gasteiger partial charge is 0.504 e. The lowest BCUT2D eigenvalue weighted by molar-refractivity contribution is 0.318. The molecule has 0 atom stereocenters. The van der Waals surface area contributed by atoms with Gasteiger partial charge >= 0.3 is 0 Å². The van der Waals surface area contributed by atoms with E-state index >= 15 is 0 Å². The summed E-state index contributed by atoms with van der Waals surface area (Å²) >= 11 is 0. The van der Waals surface area contributed by atoms with Crippen molar-refractivity contribution < 1.29 is 15.1 Å². The quantitative estimate of drug-likeness (QED) is 0.503. The Hall–Kier alpha value is -2.49. The lowest BCUT2D eigenvalue weighted by Gasteiger charge is -2.08. The van der Waals surface area contributed by atoms with Crippen LogP contribution in [0.1, 0.15) is 11.1 Å². The van der Waals surface area contributed by atoms with Crippen LogP contribution in [0.25, 0.3) is 0 Å². The normalized spacial score (nSPS) is 11.3. The summed E-state index contributed by atoms with van der Waals surface area (Å²) < 4.78 is 5.04. The van der Waals surface area contributed by atoms with Gasteiger partial charge < -0.3 is 15.1 Å². The van der Waals surface area contributed by atoms with E-state index in [1.54, 1.807) is 12.1 Å². The highest BCUT2D eigenvalue weighted by atomic mass is 16.5. The lowest BCUT2D eigenvalue weighted by Crippen LogP contribution is -2.05. The average molecular weight is 257 g/mol. The first-order chi connectivity index (χ1) is 9.24. The summed E-state index contributed by atoms with van der Waals surface area (Å²) in [4.78, 5) is 0. The molecule has 2 N–H and O–H groups in total. The standard InChI is InChI=1S/C15H15NO3/c1-19-15-10-12(7-8-14(15)17)13(16-18)9-11-5-3-2-4-6-11/h2-8,10,17-18H,9H2,1H3/b16-13-. The predicted molar refractivity (Wildman–Crippen MR) is 73.1 cm³/mol. The van der Waals surface area contributed by atoms with Gasteiger partial charge in [0.25, 0.3) is 0 Å². The maximum atomic E-state index is 9.55. The van der Waals surface area contributed by atoms with Crippen LogP contribution in [0.3, 0.4) is 0 Å². The van der Waals surface area contributed by atoms with Gasteiger partial charge in [0.1, 0.15) is 0 Å². The second-order valence-electron chi connectivity index (χ2n) is 4.10. The second-order valence-corrected chi connectivity index (χ2v) is 4.10. The number of phenolic OH excluding ortho intramolecular Hbond substituents is 1. The molecule has 98 valence electrons. The smallest absolute Gasteiger partial charge is 0.161 e. The van der Waals surface area contributed by atoms with Crippen LogP contribution in [-0.2, 0) is 6.42 Å². The molecule has 2 aromatic carbocycles. The van der Waals surface area contributed by atoms with Crippen molar-refractivity contribution in [2.45, 2.75) is 6.42 Å². The van der Waals surface area contributed by atoms with Gasteiger partial charge in [-0.25, -0.2) is 0 Å². The van der Waals surface area contributed by atoms with E-state index in [0.717, 1.165) is 5.56 Å². The van der Waals surface area contributed by atoms with Crippen molar-refractivity contribution in [1.82, 2.24) is 0 Å². The molecule has 0 unspecified atom stereocenters. The van der Waals surface area contributed by atoms with E-state index in [0.29, 0.717) is 23.4 Å². The van der Waals surface area contributed by atoms with Crippen molar-refractivity contribution in [1.29, 1.82) is 0 Å². The monoisotopic (exact) mass is 257 g/mol. The molecule has 0 aliphatic carbocycles. The van der Waals surface area contributed by atoms with Gasteiger partial charge in [-0.15, -0.1) is 0 Å². The molecule has 0 heterocycles. The number of phenols is 1. The summed E-state index contributed by atoms with van der Waals surface area (Å²) in [6.45, 7) is 0. The fraction of sp³-hybridized carbons (Fsp3) is 0.133. The molecule has 0 saturated carbocycles. The zero-order valence-electron chi connectivity index (χ0n) is 10.6. The van der Waals surface area contributed by atoms with Gasteiger partial charge in [0.05, 0.1) is 12.8 Å². The molecular formula is C15H15NO3. The molecule has 19 heavy (non-hydrogen) atoms. The second kappa shape index (κ2) is 5.91. The first kappa shape index (κ1) is 13.0. The molecule has 2 rings (SSSR count). The van der Waals surface area contributed by atoms with E-state index in [4.69, 9.17) is 9.94 Å². The fourth-order valence-corrected chi connectivity index (χ4v) is 1.84. The molecule has 0 aliphatic rings. The summed E-state index contributed by atoms with van der Waals surface area (Å²) in [7, 11) is 1.48. The first-order valence-electron chi connectivity index (χ1n) is 5.87. The minimum absolute atomic E-state index is 0.0586. The van der Waals surface area contributed by atoms with Crippen molar-refractivity contribution >= 4 is 5.71 Å². The molecule has 0 fully saturated rings. The van der Waals surface area contributed by atoms with Crippen molar-refractivity contribution in [3.8, 4) is 11.5 Å². The zero-order valence-corrected chi connectivity index (χ0v) is 10.6. The highest BCUT2D eigenvalue weighted by Gasteiger charge is 2.09. The van der Waals surface area contributed by atoms with E-state index in [1.165, 1.54) is 13.2 Å². The first-order valence-corrected chi connectivity index (χ1v) is 5.87. The molecule has 0 radical (unpaired) electrons. The molecular weight excluding hydrogens is 242 g/mol. The van der Waals surface area contributed by atoms with Crippen LogP contribution in [0.4, 0.5) is 0 Å². The van der Waals surface area contributed by atoms with Gasteiger partial charge in [-0.3, -0.25) is 0 Å². The lowest BCUT2D eigenvalue weighted by atomic mass is 10.0. The number of aromatic hydroxyl groups is 1. The summed E-state index contributed by atoms with van der Waals surface area (Å²) in [6, 6.07) is 14.6. The Morgan fingerprint density at radius 1 is 1.16 bits per heavy atom. The highest BCUT2D eigenvalue weighted by molar-refractivity contribution is 6.02. The number of oxime groups is 1. The summed E-state index contributed by atoms with van der Waals surface area (Å²) in [6.07, 6.45) is 0.505. The van der Waals surface area contributed by atoms with Gasteiger partial charge in [-0.1, -0.05) is 35.5 Å². The highest BCUT2D eigenvalue weighted by Crippen LogP contribution is 2.27. The fourth-order valence-electron chi connectivity index (χ4n) is 1.84. The Bertz CT molecular complexity index is 579. The van der Waals surface area contributed by atoms with Gasteiger partial charge in [0.2, 0.25) is 0 Å². The topological polar surface area (TPSA) is 62.0 Å². The third kappa shape index (κ3) is 3.04. The van der Waals surface area contributed by atoms with Gasteiger partial charge in [0.15, 0.2) is 11.5 Å². The van der Waals surface area contributed by atoms with Crippen LogP contribution in [0.15, 0.2) is 53.7 Å². The third-order valence-electron chi connectivity index (χ3n) is 2.85. The van der Waals surface area contributed by atoms with Crippen molar-refractivity contribution in [2.24, 2.45) is 5.16 Å². The van der Waals surface area contributed by atoms with E-state index in [2.05, 4.69) is 5.16 Å². The average Bonchev–Trinajstić information content (AvgIpc) is 2.46.